The molecule has 27 heavy (non-hydrogen) atoms. The van der Waals surface area contributed by atoms with Crippen LogP contribution in [0.5, 0.6) is 11.5 Å². The van der Waals surface area contributed by atoms with E-state index in [1.807, 2.05) is 0 Å². The Bertz CT molecular complexity index is 764. The SMILES string of the molecule is Cc1cccc(C)c1C1CCc2cc(O[C@H]3CC[C@H](N)CC3)ccc2O1.Cl. The molecule has 0 amide bonds. The van der Waals surface area contributed by atoms with Gasteiger partial charge in [-0.25, -0.2) is 0 Å². The van der Waals surface area contributed by atoms with Crippen molar-refractivity contribution in [1.82, 2.24) is 0 Å². The fourth-order valence-corrected chi connectivity index (χ4v) is 4.38. The fourth-order valence-electron chi connectivity index (χ4n) is 4.38. The Kier molecular flexibility index (Phi) is 6.33. The van der Waals surface area contributed by atoms with Crippen LogP contribution in [0, 0.1) is 13.8 Å². The summed E-state index contributed by atoms with van der Waals surface area (Å²) in [7, 11) is 0. The molecule has 2 aliphatic rings. The highest BCUT2D eigenvalue weighted by molar-refractivity contribution is 5.85. The second-order valence-electron chi connectivity index (χ2n) is 7.87. The van der Waals surface area contributed by atoms with Gasteiger partial charge in [0, 0.05) is 6.04 Å². The standard InChI is InChI=1S/C23H29NO2.ClH/c1-15-4-3-5-16(2)23(15)22-12-6-17-14-20(11-13-21(17)26-22)25-19-9-7-18(24)8-10-19;/h3-5,11,13-14,18-19,22H,6-10,12,24H2,1-2H3;1H/t18-,19-,22?;. The lowest BCUT2D eigenvalue weighted by atomic mass is 9.91. The van der Waals surface area contributed by atoms with Gasteiger partial charge in [-0.3, -0.25) is 0 Å². The van der Waals surface area contributed by atoms with Crippen LogP contribution in [0.1, 0.15) is 60.5 Å². The third-order valence-corrected chi connectivity index (χ3v) is 5.86. The second kappa shape index (κ2) is 8.53. The van der Waals surface area contributed by atoms with E-state index >= 15 is 0 Å². The molecule has 0 saturated heterocycles. The Morgan fingerprint density at radius 2 is 1.67 bits per heavy atom. The number of hydrogen-bond donors (Lipinski definition) is 1. The summed E-state index contributed by atoms with van der Waals surface area (Å²) in [6.07, 6.45) is 6.75. The molecule has 0 bridgehead atoms. The van der Waals surface area contributed by atoms with Gasteiger partial charge in [0.2, 0.25) is 0 Å². The van der Waals surface area contributed by atoms with Crippen molar-refractivity contribution < 1.29 is 9.47 Å². The van der Waals surface area contributed by atoms with Crippen LogP contribution in [0.3, 0.4) is 0 Å². The fraction of sp³-hybridized carbons (Fsp3) is 0.478. The van der Waals surface area contributed by atoms with Crippen molar-refractivity contribution in [3.8, 4) is 11.5 Å². The predicted molar refractivity (Wildman–Crippen MR) is 112 cm³/mol. The first-order valence-corrected chi connectivity index (χ1v) is 9.88. The number of nitrogens with two attached hydrogens (primary N) is 1. The number of benzene rings is 2. The number of fused-ring (bicyclic) bond motifs is 1. The molecule has 4 rings (SSSR count). The molecule has 1 aliphatic heterocycles. The second-order valence-corrected chi connectivity index (χ2v) is 7.87. The van der Waals surface area contributed by atoms with Crippen molar-refractivity contribution in [2.45, 2.75) is 70.6 Å². The lowest BCUT2D eigenvalue weighted by Gasteiger charge is -2.30. The summed E-state index contributed by atoms with van der Waals surface area (Å²) in [4.78, 5) is 0. The maximum atomic E-state index is 6.37. The smallest absolute Gasteiger partial charge is 0.125 e. The molecule has 1 saturated carbocycles. The summed E-state index contributed by atoms with van der Waals surface area (Å²) in [6.45, 7) is 4.35. The molecule has 1 atom stereocenters. The maximum absolute atomic E-state index is 6.37. The molecule has 3 nitrogen and oxygen atoms in total. The van der Waals surface area contributed by atoms with E-state index in [2.05, 4.69) is 50.2 Å². The first-order valence-electron chi connectivity index (χ1n) is 9.88. The summed E-state index contributed by atoms with van der Waals surface area (Å²) in [6, 6.07) is 13.1. The van der Waals surface area contributed by atoms with E-state index < -0.39 is 0 Å². The number of aryl methyl sites for hydroxylation is 3. The molecule has 2 aromatic rings. The van der Waals surface area contributed by atoms with Gasteiger partial charge in [0.1, 0.15) is 17.6 Å². The lowest BCUT2D eigenvalue weighted by molar-refractivity contribution is 0.145. The van der Waals surface area contributed by atoms with E-state index in [1.165, 1.54) is 22.3 Å². The monoisotopic (exact) mass is 387 g/mol. The van der Waals surface area contributed by atoms with E-state index in [-0.39, 0.29) is 18.5 Å². The van der Waals surface area contributed by atoms with Crippen molar-refractivity contribution >= 4 is 12.4 Å². The molecular formula is C23H30ClNO2. The van der Waals surface area contributed by atoms with Gasteiger partial charge < -0.3 is 15.2 Å². The molecule has 0 radical (unpaired) electrons. The molecule has 1 unspecified atom stereocenters. The summed E-state index contributed by atoms with van der Waals surface area (Å²) in [5.74, 6) is 1.97. The molecule has 0 spiro atoms. The Hall–Kier alpha value is -1.71. The highest BCUT2D eigenvalue weighted by Gasteiger charge is 2.25. The van der Waals surface area contributed by atoms with Gasteiger partial charge >= 0.3 is 0 Å². The van der Waals surface area contributed by atoms with Crippen LogP contribution < -0.4 is 15.2 Å². The van der Waals surface area contributed by atoms with E-state index in [0.717, 1.165) is 50.0 Å². The molecule has 2 aromatic carbocycles. The van der Waals surface area contributed by atoms with Crippen molar-refractivity contribution in [3.05, 3.63) is 58.7 Å². The topological polar surface area (TPSA) is 44.5 Å². The van der Waals surface area contributed by atoms with Crippen molar-refractivity contribution in [2.75, 3.05) is 0 Å². The van der Waals surface area contributed by atoms with Crippen molar-refractivity contribution in [3.63, 3.8) is 0 Å². The summed E-state index contributed by atoms with van der Waals surface area (Å²) in [5, 5.41) is 0. The third-order valence-electron chi connectivity index (χ3n) is 5.86. The van der Waals surface area contributed by atoms with E-state index in [0.29, 0.717) is 12.1 Å². The lowest BCUT2D eigenvalue weighted by Crippen LogP contribution is -2.31. The number of halogens is 1. The van der Waals surface area contributed by atoms with E-state index in [9.17, 15) is 0 Å². The van der Waals surface area contributed by atoms with Gasteiger partial charge in [0.05, 0.1) is 6.10 Å². The highest BCUT2D eigenvalue weighted by Crippen LogP contribution is 2.39. The normalized spacial score (nSPS) is 24.3. The van der Waals surface area contributed by atoms with Crippen LogP contribution in [0.15, 0.2) is 36.4 Å². The minimum Gasteiger partial charge on any atom is -0.490 e. The number of rotatable bonds is 3. The Morgan fingerprint density at radius 1 is 0.963 bits per heavy atom. The van der Waals surface area contributed by atoms with Crippen LogP contribution in [-0.4, -0.2) is 12.1 Å². The van der Waals surface area contributed by atoms with Crippen LogP contribution in [0.25, 0.3) is 0 Å². The Labute approximate surface area is 168 Å². The van der Waals surface area contributed by atoms with Crippen LogP contribution in [0.2, 0.25) is 0 Å². The van der Waals surface area contributed by atoms with Crippen LogP contribution in [0.4, 0.5) is 0 Å². The molecule has 1 fully saturated rings. The van der Waals surface area contributed by atoms with E-state index in [4.69, 9.17) is 15.2 Å². The van der Waals surface area contributed by atoms with Gasteiger partial charge in [-0.1, -0.05) is 18.2 Å². The average molecular weight is 388 g/mol. The minimum atomic E-state index is 0. The van der Waals surface area contributed by atoms with Gasteiger partial charge in [-0.05, 0) is 92.8 Å². The Morgan fingerprint density at radius 3 is 2.37 bits per heavy atom. The Balaban J connectivity index is 0.00000210. The molecule has 1 heterocycles. The zero-order chi connectivity index (χ0) is 18.1. The number of hydrogen-bond acceptors (Lipinski definition) is 3. The largest absolute Gasteiger partial charge is 0.490 e. The summed E-state index contributed by atoms with van der Waals surface area (Å²) < 4.78 is 12.6. The zero-order valence-corrected chi connectivity index (χ0v) is 17.1. The molecule has 0 aromatic heterocycles. The van der Waals surface area contributed by atoms with Gasteiger partial charge in [-0.2, -0.15) is 0 Å². The van der Waals surface area contributed by atoms with Crippen LogP contribution in [-0.2, 0) is 6.42 Å². The van der Waals surface area contributed by atoms with Gasteiger partial charge in [0.25, 0.3) is 0 Å². The summed E-state index contributed by atoms with van der Waals surface area (Å²) in [5.41, 5.74) is 11.2. The molecule has 1 aliphatic carbocycles. The summed E-state index contributed by atoms with van der Waals surface area (Å²) >= 11 is 0. The third kappa shape index (κ3) is 4.41. The van der Waals surface area contributed by atoms with E-state index in [1.54, 1.807) is 0 Å². The molecule has 2 N–H and O–H groups in total. The van der Waals surface area contributed by atoms with Gasteiger partial charge in [0.15, 0.2) is 0 Å². The average Bonchev–Trinajstić information content (AvgIpc) is 2.63. The predicted octanol–water partition coefficient (Wildman–Crippen LogP) is 5.44. The van der Waals surface area contributed by atoms with Gasteiger partial charge in [-0.15, -0.1) is 12.4 Å². The zero-order valence-electron chi connectivity index (χ0n) is 16.2. The highest BCUT2D eigenvalue weighted by atomic mass is 35.5. The number of ether oxygens (including phenoxy) is 2. The molecular weight excluding hydrogens is 358 g/mol. The molecule has 146 valence electrons. The van der Waals surface area contributed by atoms with Crippen molar-refractivity contribution in [1.29, 1.82) is 0 Å². The minimum absolute atomic E-state index is 0. The maximum Gasteiger partial charge on any atom is 0.125 e. The molecule has 4 heteroatoms. The van der Waals surface area contributed by atoms with Crippen molar-refractivity contribution in [2.24, 2.45) is 5.73 Å². The quantitative estimate of drug-likeness (QED) is 0.762. The first kappa shape index (κ1) is 20.0. The van der Waals surface area contributed by atoms with Crippen LogP contribution >= 0.6 is 12.4 Å². The first-order chi connectivity index (χ1) is 12.6.